The van der Waals surface area contributed by atoms with Crippen molar-refractivity contribution in [3.63, 3.8) is 0 Å². The van der Waals surface area contributed by atoms with Gasteiger partial charge in [-0.05, 0) is 35.7 Å². The highest BCUT2D eigenvalue weighted by Gasteiger charge is 2.04. The number of hydrogen-bond acceptors (Lipinski definition) is 3. The molecule has 3 rings (SSSR count). The molecule has 4 heteroatoms. The molecule has 3 nitrogen and oxygen atoms in total. The van der Waals surface area contributed by atoms with E-state index in [0.29, 0.717) is 0 Å². The third kappa shape index (κ3) is 2.86. The van der Waals surface area contributed by atoms with Gasteiger partial charge in [-0.2, -0.15) is 0 Å². The normalized spacial score (nSPS) is 11.1. The Morgan fingerprint density at radius 1 is 1.10 bits per heavy atom. The van der Waals surface area contributed by atoms with Gasteiger partial charge in [-0.1, -0.05) is 42.1 Å². The zero-order valence-corrected chi connectivity index (χ0v) is 12.1. The molecule has 0 aliphatic carbocycles. The van der Waals surface area contributed by atoms with E-state index in [1.54, 1.807) is 11.8 Å². The molecule has 0 atom stereocenters. The number of aliphatic hydroxyl groups is 1. The minimum absolute atomic E-state index is 0.0936. The van der Waals surface area contributed by atoms with Crippen LogP contribution in [0.2, 0.25) is 0 Å². The number of aromatic amines is 1. The Balaban J connectivity index is 1.72. The Bertz CT molecular complexity index is 719. The molecule has 0 fully saturated rings. The maximum Gasteiger partial charge on any atom is 0.166 e. The van der Waals surface area contributed by atoms with Crippen LogP contribution in [0.1, 0.15) is 16.7 Å². The van der Waals surface area contributed by atoms with Crippen molar-refractivity contribution in [3.8, 4) is 0 Å². The van der Waals surface area contributed by atoms with E-state index in [0.717, 1.165) is 27.5 Å². The van der Waals surface area contributed by atoms with Crippen LogP contribution in [0.4, 0.5) is 0 Å². The van der Waals surface area contributed by atoms with E-state index in [1.165, 1.54) is 11.1 Å². The molecule has 3 aromatic rings. The zero-order valence-electron chi connectivity index (χ0n) is 11.3. The third-order valence-electron chi connectivity index (χ3n) is 3.20. The molecule has 102 valence electrons. The Hall–Kier alpha value is -1.78. The fourth-order valence-corrected chi connectivity index (χ4v) is 2.90. The van der Waals surface area contributed by atoms with Gasteiger partial charge < -0.3 is 10.1 Å². The molecule has 0 amide bonds. The van der Waals surface area contributed by atoms with E-state index in [9.17, 15) is 0 Å². The summed E-state index contributed by atoms with van der Waals surface area (Å²) in [5.74, 6) is 0.866. The average molecular weight is 284 g/mol. The first-order valence-electron chi connectivity index (χ1n) is 6.52. The number of aryl methyl sites for hydroxylation is 1. The first-order chi connectivity index (χ1) is 9.74. The number of rotatable bonds is 4. The molecule has 1 aromatic heterocycles. The van der Waals surface area contributed by atoms with Crippen LogP contribution < -0.4 is 0 Å². The van der Waals surface area contributed by atoms with Gasteiger partial charge in [-0.3, -0.25) is 0 Å². The summed E-state index contributed by atoms with van der Waals surface area (Å²) in [6.07, 6.45) is 0. The van der Waals surface area contributed by atoms with E-state index in [4.69, 9.17) is 5.11 Å². The zero-order chi connectivity index (χ0) is 13.9. The lowest BCUT2D eigenvalue weighted by molar-refractivity contribution is 0.282. The monoisotopic (exact) mass is 284 g/mol. The number of nitrogens with zero attached hydrogens (tertiary/aromatic N) is 1. The lowest BCUT2D eigenvalue weighted by Gasteiger charge is -2.00. The minimum atomic E-state index is 0.0936. The molecule has 20 heavy (non-hydrogen) atoms. The van der Waals surface area contributed by atoms with Gasteiger partial charge in [-0.15, -0.1) is 0 Å². The van der Waals surface area contributed by atoms with Crippen molar-refractivity contribution in [3.05, 3.63) is 59.2 Å². The summed E-state index contributed by atoms with van der Waals surface area (Å²) in [6, 6.07) is 14.2. The molecule has 0 saturated heterocycles. The highest BCUT2D eigenvalue weighted by Crippen LogP contribution is 2.23. The molecule has 0 unspecified atom stereocenters. The molecule has 0 spiro atoms. The number of benzene rings is 2. The van der Waals surface area contributed by atoms with Gasteiger partial charge >= 0.3 is 0 Å². The van der Waals surface area contributed by atoms with Gasteiger partial charge in [0.25, 0.3) is 0 Å². The van der Waals surface area contributed by atoms with Gasteiger partial charge in [0, 0.05) is 5.75 Å². The van der Waals surface area contributed by atoms with E-state index in [1.807, 2.05) is 30.3 Å². The van der Waals surface area contributed by atoms with E-state index < -0.39 is 0 Å². The van der Waals surface area contributed by atoms with Crippen LogP contribution in [0, 0.1) is 6.92 Å². The van der Waals surface area contributed by atoms with Crippen molar-refractivity contribution in [2.75, 3.05) is 0 Å². The molecule has 0 radical (unpaired) electrons. The van der Waals surface area contributed by atoms with Crippen LogP contribution >= 0.6 is 11.8 Å². The van der Waals surface area contributed by atoms with Crippen molar-refractivity contribution in [2.45, 2.75) is 24.4 Å². The second kappa shape index (κ2) is 5.69. The lowest BCUT2D eigenvalue weighted by Crippen LogP contribution is -1.85. The first kappa shape index (κ1) is 13.2. The first-order valence-corrected chi connectivity index (χ1v) is 7.51. The summed E-state index contributed by atoms with van der Waals surface area (Å²) in [4.78, 5) is 7.91. The van der Waals surface area contributed by atoms with Crippen LogP contribution in [0.25, 0.3) is 11.0 Å². The third-order valence-corrected chi connectivity index (χ3v) is 4.14. The molecular formula is C16H16N2OS. The Labute approximate surface area is 122 Å². The maximum atomic E-state index is 9.02. The highest BCUT2D eigenvalue weighted by atomic mass is 32.2. The van der Waals surface area contributed by atoms with Gasteiger partial charge in [0.15, 0.2) is 5.16 Å². The Morgan fingerprint density at radius 3 is 2.60 bits per heavy atom. The van der Waals surface area contributed by atoms with Crippen LogP contribution in [-0.4, -0.2) is 15.1 Å². The van der Waals surface area contributed by atoms with Crippen LogP contribution in [0.15, 0.2) is 47.6 Å². The predicted octanol–water partition coefficient (Wildman–Crippen LogP) is 3.66. The maximum absolute atomic E-state index is 9.02. The predicted molar refractivity (Wildman–Crippen MR) is 82.8 cm³/mol. The second-order valence-corrected chi connectivity index (χ2v) is 5.79. The van der Waals surface area contributed by atoms with Crippen molar-refractivity contribution in [1.82, 2.24) is 9.97 Å². The summed E-state index contributed by atoms with van der Waals surface area (Å²) in [5.41, 5.74) is 5.50. The largest absolute Gasteiger partial charge is 0.392 e. The molecular weight excluding hydrogens is 268 g/mol. The van der Waals surface area contributed by atoms with Gasteiger partial charge in [-0.25, -0.2) is 4.98 Å². The number of nitrogens with one attached hydrogen (secondary N) is 1. The van der Waals surface area contributed by atoms with Crippen molar-refractivity contribution in [2.24, 2.45) is 0 Å². The average Bonchev–Trinajstić information content (AvgIpc) is 2.87. The molecule has 0 aliphatic rings. The van der Waals surface area contributed by atoms with Crippen molar-refractivity contribution >= 4 is 22.8 Å². The molecule has 2 aromatic carbocycles. The van der Waals surface area contributed by atoms with Gasteiger partial charge in [0.05, 0.1) is 17.6 Å². The summed E-state index contributed by atoms with van der Waals surface area (Å²) in [5, 5.41) is 9.96. The lowest BCUT2D eigenvalue weighted by atomic mass is 10.2. The number of thioether (sulfide) groups is 1. The smallest absolute Gasteiger partial charge is 0.166 e. The Morgan fingerprint density at radius 2 is 1.85 bits per heavy atom. The number of aromatic nitrogens is 2. The SMILES string of the molecule is Cc1ccc2nc(SCc3ccc(CO)cc3)[nH]c2c1. The number of fused-ring (bicyclic) bond motifs is 1. The van der Waals surface area contributed by atoms with E-state index in [2.05, 4.69) is 29.0 Å². The standard InChI is InChI=1S/C16H16N2OS/c1-11-2-7-14-15(8-11)18-16(17-14)20-10-13-5-3-12(9-19)4-6-13/h2-8,19H,9-10H2,1H3,(H,17,18). The minimum Gasteiger partial charge on any atom is -0.392 e. The van der Waals surface area contributed by atoms with Crippen molar-refractivity contribution < 1.29 is 5.11 Å². The van der Waals surface area contributed by atoms with E-state index >= 15 is 0 Å². The summed E-state index contributed by atoms with van der Waals surface area (Å²) < 4.78 is 0. The number of imidazole rings is 1. The number of aliphatic hydroxyl groups excluding tert-OH is 1. The highest BCUT2D eigenvalue weighted by molar-refractivity contribution is 7.98. The summed E-state index contributed by atoms with van der Waals surface area (Å²) >= 11 is 1.69. The molecule has 1 heterocycles. The number of H-pyrrole nitrogens is 1. The second-order valence-electron chi connectivity index (χ2n) is 4.83. The van der Waals surface area contributed by atoms with Crippen LogP contribution in [0.5, 0.6) is 0 Å². The van der Waals surface area contributed by atoms with E-state index in [-0.39, 0.29) is 6.61 Å². The molecule has 0 bridgehead atoms. The molecule has 0 aliphatic heterocycles. The molecule has 2 N–H and O–H groups in total. The fourth-order valence-electron chi connectivity index (χ4n) is 2.06. The van der Waals surface area contributed by atoms with Crippen LogP contribution in [-0.2, 0) is 12.4 Å². The Kier molecular flexibility index (Phi) is 3.76. The summed E-state index contributed by atoms with van der Waals surface area (Å²) in [7, 11) is 0. The van der Waals surface area contributed by atoms with Gasteiger partial charge in [0.2, 0.25) is 0 Å². The van der Waals surface area contributed by atoms with Crippen molar-refractivity contribution in [1.29, 1.82) is 0 Å². The molecule has 0 saturated carbocycles. The van der Waals surface area contributed by atoms with Crippen LogP contribution in [0.3, 0.4) is 0 Å². The number of hydrogen-bond donors (Lipinski definition) is 2. The topological polar surface area (TPSA) is 48.9 Å². The quantitative estimate of drug-likeness (QED) is 0.719. The summed E-state index contributed by atoms with van der Waals surface area (Å²) in [6.45, 7) is 2.17. The van der Waals surface area contributed by atoms with Gasteiger partial charge in [0.1, 0.15) is 0 Å². The fraction of sp³-hybridized carbons (Fsp3) is 0.188.